The summed E-state index contributed by atoms with van der Waals surface area (Å²) >= 11 is 0. The van der Waals surface area contributed by atoms with Crippen LogP contribution >= 0.6 is 0 Å². The molecule has 7 fully saturated rings. The number of carbonyl (C=O) groups excluding carboxylic acids is 1. The Morgan fingerprint density at radius 1 is 0.755 bits per heavy atom. The van der Waals surface area contributed by atoms with Crippen molar-refractivity contribution in [2.75, 3.05) is 32.7 Å². The van der Waals surface area contributed by atoms with Gasteiger partial charge in [-0.05, 0) is 135 Å². The fourth-order valence-electron chi connectivity index (χ4n) is 11.3. The highest BCUT2D eigenvalue weighted by atomic mass is 16.7. The van der Waals surface area contributed by atoms with Crippen molar-refractivity contribution in [3.05, 3.63) is 95.1 Å². The van der Waals surface area contributed by atoms with Gasteiger partial charge in [-0.25, -0.2) is 4.79 Å². The third-order valence-corrected chi connectivity index (χ3v) is 13.5. The van der Waals surface area contributed by atoms with Gasteiger partial charge >= 0.3 is 6.03 Å². The van der Waals surface area contributed by atoms with Crippen LogP contribution < -0.4 is 10.6 Å². The Morgan fingerprint density at radius 3 is 2.19 bits per heavy atom. The van der Waals surface area contributed by atoms with Gasteiger partial charge in [0.1, 0.15) is 0 Å². The molecule has 4 atom stereocenters. The highest BCUT2D eigenvalue weighted by Crippen LogP contribution is 2.55. The molecule has 4 bridgehead atoms. The van der Waals surface area contributed by atoms with Crippen LogP contribution in [0.1, 0.15) is 105 Å². The highest BCUT2D eigenvalue weighted by molar-refractivity contribution is 5.75. The van der Waals surface area contributed by atoms with Crippen LogP contribution in [0, 0.1) is 17.8 Å². The summed E-state index contributed by atoms with van der Waals surface area (Å²) in [6, 6.07) is 25.9. The lowest BCUT2D eigenvalue weighted by molar-refractivity contribution is -0.253. The number of carbonyl (C=O) groups is 1. The van der Waals surface area contributed by atoms with Crippen LogP contribution in [0.25, 0.3) is 11.1 Å². The van der Waals surface area contributed by atoms with Gasteiger partial charge in [-0.2, -0.15) is 0 Å². The second-order valence-electron chi connectivity index (χ2n) is 17.5. The molecule has 0 radical (unpaired) electrons. The van der Waals surface area contributed by atoms with Gasteiger partial charge < -0.3 is 30.1 Å². The number of rotatable bonds is 11. The molecule has 282 valence electrons. The van der Waals surface area contributed by atoms with Crippen LogP contribution in [0.5, 0.6) is 0 Å². The standard InChI is InChI=1S/C45H58N4O4/c50-30-31-8-10-37(11-9-31)42-23-41(29-49-18-4-7-40(49)28-48-16-1-2-17-48)52-43(53-42)38-14-12-36(13-15-38)39-6-3-5-32(22-39)27-46-44(51)47-45-24-33-19-34(25-45)21-35(20-33)26-45/h3,5-6,8-15,22,33-35,40-43,50H,1-2,4,7,16-21,23-30H2,(H2,46,47,51)/t33?,34?,35?,40-,41+,42-,43-,45?/m0/s1. The first-order chi connectivity index (χ1) is 26.0. The maximum atomic E-state index is 13.1. The predicted octanol–water partition coefficient (Wildman–Crippen LogP) is 7.72. The summed E-state index contributed by atoms with van der Waals surface area (Å²) < 4.78 is 13.5. The summed E-state index contributed by atoms with van der Waals surface area (Å²) in [6.07, 6.45) is 13.1. The molecule has 7 aliphatic rings. The molecule has 3 saturated heterocycles. The molecule has 2 amide bonds. The van der Waals surface area contributed by atoms with Crippen molar-refractivity contribution in [2.24, 2.45) is 17.8 Å². The number of aliphatic hydroxyl groups is 1. The molecule has 3 heterocycles. The predicted molar refractivity (Wildman–Crippen MR) is 207 cm³/mol. The Bertz CT molecular complexity index is 1670. The van der Waals surface area contributed by atoms with E-state index in [9.17, 15) is 9.90 Å². The van der Waals surface area contributed by atoms with Crippen LogP contribution in [-0.4, -0.2) is 71.3 Å². The SMILES string of the molecule is O=C(NCc1cccc(-c2ccc([C@H]3O[C@@H](CN4CCC[C@H]4CN4CCCC4)C[C@@H](c4ccc(CO)cc4)O3)cc2)c1)NC12CC3CC(CC(C3)C1)C2. The normalized spacial score (nSPS) is 32.7. The van der Waals surface area contributed by atoms with Crippen molar-refractivity contribution in [3.8, 4) is 11.1 Å². The van der Waals surface area contributed by atoms with Gasteiger partial charge in [0.15, 0.2) is 6.29 Å². The fraction of sp³-hybridized carbons (Fsp3) is 0.578. The zero-order valence-corrected chi connectivity index (χ0v) is 31.3. The second kappa shape index (κ2) is 15.5. The van der Waals surface area contributed by atoms with Gasteiger partial charge in [0.05, 0.1) is 18.8 Å². The summed E-state index contributed by atoms with van der Waals surface area (Å²) in [5.41, 5.74) is 6.41. The van der Waals surface area contributed by atoms with Gasteiger partial charge in [-0.3, -0.25) is 4.90 Å². The number of benzene rings is 3. The Balaban J connectivity index is 0.855. The molecule has 10 rings (SSSR count). The Kier molecular flexibility index (Phi) is 10.3. The lowest BCUT2D eigenvalue weighted by Crippen LogP contribution is -2.61. The maximum absolute atomic E-state index is 13.1. The molecular weight excluding hydrogens is 661 g/mol. The zero-order valence-electron chi connectivity index (χ0n) is 31.3. The maximum Gasteiger partial charge on any atom is 0.315 e. The molecule has 3 aliphatic heterocycles. The summed E-state index contributed by atoms with van der Waals surface area (Å²) in [4.78, 5) is 18.5. The second-order valence-corrected chi connectivity index (χ2v) is 17.5. The minimum absolute atomic E-state index is 0.0166. The first-order valence-corrected chi connectivity index (χ1v) is 20.7. The molecule has 3 aromatic carbocycles. The number of nitrogens with one attached hydrogen (secondary N) is 2. The summed E-state index contributed by atoms with van der Waals surface area (Å²) in [5, 5.41) is 16.3. The van der Waals surface area contributed by atoms with Crippen LogP contribution in [0.4, 0.5) is 4.79 Å². The number of likely N-dealkylation sites (tertiary alicyclic amines) is 2. The van der Waals surface area contributed by atoms with E-state index in [1.165, 1.54) is 64.6 Å². The van der Waals surface area contributed by atoms with Crippen LogP contribution in [0.15, 0.2) is 72.8 Å². The van der Waals surface area contributed by atoms with E-state index in [1.54, 1.807) is 0 Å². The quantitative estimate of drug-likeness (QED) is 0.188. The molecule has 3 aromatic rings. The third-order valence-electron chi connectivity index (χ3n) is 13.5. The number of urea groups is 1. The van der Waals surface area contributed by atoms with Crippen LogP contribution in [0.2, 0.25) is 0 Å². The molecular formula is C45H58N4O4. The van der Waals surface area contributed by atoms with Crippen LogP contribution in [-0.2, 0) is 22.6 Å². The largest absolute Gasteiger partial charge is 0.392 e. The third kappa shape index (κ3) is 8.08. The van der Waals surface area contributed by atoms with Crippen LogP contribution in [0.3, 0.4) is 0 Å². The number of hydrogen-bond donors (Lipinski definition) is 3. The minimum Gasteiger partial charge on any atom is -0.392 e. The molecule has 3 N–H and O–H groups in total. The lowest BCUT2D eigenvalue weighted by atomic mass is 9.53. The smallest absolute Gasteiger partial charge is 0.315 e. The van der Waals surface area contributed by atoms with Gasteiger partial charge in [-0.1, -0.05) is 66.7 Å². The molecule has 0 spiro atoms. The van der Waals surface area contributed by atoms with E-state index in [0.717, 1.165) is 89.9 Å². The van der Waals surface area contributed by atoms with Gasteiger partial charge in [-0.15, -0.1) is 0 Å². The Morgan fingerprint density at radius 2 is 1.47 bits per heavy atom. The average molecular weight is 719 g/mol. The minimum atomic E-state index is -0.465. The summed E-state index contributed by atoms with van der Waals surface area (Å²) in [6.45, 7) is 6.25. The van der Waals surface area contributed by atoms with Crippen molar-refractivity contribution in [2.45, 2.75) is 114 Å². The highest BCUT2D eigenvalue weighted by Gasteiger charge is 2.51. The Labute approximate surface area is 315 Å². The van der Waals surface area contributed by atoms with E-state index in [0.29, 0.717) is 12.6 Å². The van der Waals surface area contributed by atoms with Gasteiger partial charge in [0, 0.05) is 43.2 Å². The summed E-state index contributed by atoms with van der Waals surface area (Å²) in [5.74, 6) is 2.42. The van der Waals surface area contributed by atoms with E-state index >= 15 is 0 Å². The molecule has 8 heteroatoms. The molecule has 0 aromatic heterocycles. The van der Waals surface area contributed by atoms with E-state index in [2.05, 4.69) is 81.1 Å². The number of nitrogens with zero attached hydrogens (tertiary/aromatic N) is 2. The molecule has 4 saturated carbocycles. The zero-order chi connectivity index (χ0) is 35.8. The monoisotopic (exact) mass is 718 g/mol. The number of aliphatic hydroxyl groups excluding tert-OH is 1. The number of ether oxygens (including phenoxy) is 2. The fourth-order valence-corrected chi connectivity index (χ4v) is 11.3. The molecule has 4 aliphatic carbocycles. The molecule has 53 heavy (non-hydrogen) atoms. The van der Waals surface area contributed by atoms with E-state index in [-0.39, 0.29) is 30.4 Å². The Hall–Kier alpha value is -3.27. The number of amides is 2. The molecule has 0 unspecified atom stereocenters. The van der Waals surface area contributed by atoms with E-state index in [1.807, 2.05) is 12.1 Å². The van der Waals surface area contributed by atoms with Crippen molar-refractivity contribution in [1.29, 1.82) is 0 Å². The summed E-state index contributed by atoms with van der Waals surface area (Å²) in [7, 11) is 0. The van der Waals surface area contributed by atoms with Crippen molar-refractivity contribution >= 4 is 6.03 Å². The van der Waals surface area contributed by atoms with Gasteiger partial charge in [0.2, 0.25) is 0 Å². The van der Waals surface area contributed by atoms with Crippen molar-refractivity contribution in [3.63, 3.8) is 0 Å². The van der Waals surface area contributed by atoms with E-state index in [4.69, 9.17) is 9.47 Å². The average Bonchev–Trinajstić information content (AvgIpc) is 3.86. The van der Waals surface area contributed by atoms with Crippen molar-refractivity contribution < 1.29 is 19.4 Å². The first-order valence-electron chi connectivity index (χ1n) is 20.7. The van der Waals surface area contributed by atoms with Gasteiger partial charge in [0.25, 0.3) is 0 Å². The molecule has 8 nitrogen and oxygen atoms in total. The lowest BCUT2D eigenvalue weighted by Gasteiger charge is -2.56. The van der Waals surface area contributed by atoms with Crippen molar-refractivity contribution in [1.82, 2.24) is 20.4 Å². The topological polar surface area (TPSA) is 86.3 Å². The first kappa shape index (κ1) is 35.4. The number of hydrogen-bond acceptors (Lipinski definition) is 6. The van der Waals surface area contributed by atoms with E-state index < -0.39 is 6.29 Å².